The lowest BCUT2D eigenvalue weighted by molar-refractivity contribution is 0.797. The minimum Gasteiger partial charge on any atom is -0.266 e. The van der Waals surface area contributed by atoms with Crippen molar-refractivity contribution in [3.05, 3.63) is 36.3 Å². The van der Waals surface area contributed by atoms with E-state index < -0.39 is 0 Å². The first-order chi connectivity index (χ1) is 8.65. The van der Waals surface area contributed by atoms with Gasteiger partial charge in [0.1, 0.15) is 13.4 Å². The standard InChI is InChI=1S/C13H11BN4/c1-8-10(5-9(14)6-15-8)11-3-4-13-12(17-11)7-16-18(13)2/h3-7H,1-2H3. The summed E-state index contributed by atoms with van der Waals surface area (Å²) in [6.07, 6.45) is 3.41. The summed E-state index contributed by atoms with van der Waals surface area (Å²) in [6, 6.07) is 5.87. The van der Waals surface area contributed by atoms with Crippen molar-refractivity contribution < 1.29 is 0 Å². The zero-order valence-corrected chi connectivity index (χ0v) is 10.3. The number of pyridine rings is 2. The lowest BCUT2D eigenvalue weighted by atomic mass is 9.95. The predicted octanol–water partition coefficient (Wildman–Crippen LogP) is 1.13. The molecule has 0 aliphatic carbocycles. The summed E-state index contributed by atoms with van der Waals surface area (Å²) in [5.74, 6) is 0. The maximum atomic E-state index is 5.77. The maximum Gasteiger partial charge on any atom is 0.115 e. The van der Waals surface area contributed by atoms with E-state index in [1.165, 1.54) is 0 Å². The third-order valence-corrected chi connectivity index (χ3v) is 2.99. The van der Waals surface area contributed by atoms with Crippen LogP contribution < -0.4 is 5.46 Å². The first-order valence-corrected chi connectivity index (χ1v) is 5.66. The first-order valence-electron chi connectivity index (χ1n) is 5.66. The molecule has 0 bridgehead atoms. The Morgan fingerprint density at radius 2 is 2.06 bits per heavy atom. The van der Waals surface area contributed by atoms with Crippen molar-refractivity contribution in [2.45, 2.75) is 6.92 Å². The van der Waals surface area contributed by atoms with Gasteiger partial charge >= 0.3 is 0 Å². The summed E-state index contributed by atoms with van der Waals surface area (Å²) in [4.78, 5) is 8.84. The molecule has 5 heteroatoms. The van der Waals surface area contributed by atoms with Crippen LogP contribution in [0, 0.1) is 6.92 Å². The maximum absolute atomic E-state index is 5.77. The van der Waals surface area contributed by atoms with E-state index in [0.29, 0.717) is 5.46 Å². The van der Waals surface area contributed by atoms with E-state index in [2.05, 4.69) is 15.1 Å². The van der Waals surface area contributed by atoms with Crippen LogP contribution in [-0.4, -0.2) is 27.6 Å². The van der Waals surface area contributed by atoms with Crippen molar-refractivity contribution in [1.82, 2.24) is 19.7 Å². The summed E-state index contributed by atoms with van der Waals surface area (Å²) in [7, 11) is 7.67. The molecule has 0 unspecified atom stereocenters. The molecule has 2 radical (unpaired) electrons. The lowest BCUT2D eigenvalue weighted by Gasteiger charge is -2.06. The van der Waals surface area contributed by atoms with E-state index in [1.54, 1.807) is 17.1 Å². The summed E-state index contributed by atoms with van der Waals surface area (Å²) in [5, 5.41) is 4.18. The number of hydrogen-bond acceptors (Lipinski definition) is 3. The molecule has 0 saturated heterocycles. The number of nitrogens with zero attached hydrogens (tertiary/aromatic N) is 4. The molecular weight excluding hydrogens is 223 g/mol. The Bertz CT molecular complexity index is 733. The van der Waals surface area contributed by atoms with Gasteiger partial charge in [0.25, 0.3) is 0 Å². The zero-order chi connectivity index (χ0) is 12.7. The van der Waals surface area contributed by atoms with Crippen LogP contribution in [0.25, 0.3) is 22.3 Å². The fraction of sp³-hybridized carbons (Fsp3) is 0.154. The highest BCUT2D eigenvalue weighted by molar-refractivity contribution is 6.32. The van der Waals surface area contributed by atoms with Crippen LogP contribution in [0.2, 0.25) is 0 Å². The molecule has 86 valence electrons. The highest BCUT2D eigenvalue weighted by atomic mass is 15.3. The molecule has 0 spiro atoms. The number of aryl methyl sites for hydroxylation is 2. The molecule has 0 aromatic carbocycles. The van der Waals surface area contributed by atoms with Crippen LogP contribution in [0.4, 0.5) is 0 Å². The Morgan fingerprint density at radius 3 is 2.89 bits per heavy atom. The number of rotatable bonds is 1. The molecule has 4 nitrogen and oxygen atoms in total. The van der Waals surface area contributed by atoms with Gasteiger partial charge in [-0.2, -0.15) is 5.10 Å². The second-order valence-electron chi connectivity index (χ2n) is 4.27. The van der Waals surface area contributed by atoms with Gasteiger partial charge in [-0.1, -0.05) is 11.5 Å². The third-order valence-electron chi connectivity index (χ3n) is 2.99. The summed E-state index contributed by atoms with van der Waals surface area (Å²) in [5.41, 5.74) is 5.27. The fourth-order valence-electron chi connectivity index (χ4n) is 2.00. The highest BCUT2D eigenvalue weighted by Gasteiger charge is 2.07. The predicted molar refractivity (Wildman–Crippen MR) is 71.9 cm³/mol. The second-order valence-corrected chi connectivity index (χ2v) is 4.27. The van der Waals surface area contributed by atoms with Crippen molar-refractivity contribution in [2.75, 3.05) is 0 Å². The Morgan fingerprint density at radius 1 is 1.22 bits per heavy atom. The Balaban J connectivity index is 2.22. The van der Waals surface area contributed by atoms with Crippen molar-refractivity contribution in [3.8, 4) is 11.3 Å². The second kappa shape index (κ2) is 3.94. The van der Waals surface area contributed by atoms with Crippen molar-refractivity contribution >= 4 is 24.3 Å². The molecule has 3 aromatic heterocycles. The van der Waals surface area contributed by atoms with Gasteiger partial charge in [0.2, 0.25) is 0 Å². The Labute approximate surface area is 106 Å². The molecule has 0 atom stereocenters. The molecule has 0 amide bonds. The molecule has 0 N–H and O–H groups in total. The van der Waals surface area contributed by atoms with Crippen LogP contribution in [0.5, 0.6) is 0 Å². The van der Waals surface area contributed by atoms with Gasteiger partial charge in [-0.05, 0) is 19.1 Å². The molecule has 3 rings (SSSR count). The van der Waals surface area contributed by atoms with E-state index in [0.717, 1.165) is 28.0 Å². The van der Waals surface area contributed by atoms with Gasteiger partial charge < -0.3 is 0 Å². The minimum absolute atomic E-state index is 0.642. The molecule has 0 aliphatic heterocycles. The monoisotopic (exact) mass is 234 g/mol. The summed E-state index contributed by atoms with van der Waals surface area (Å²) < 4.78 is 1.80. The van der Waals surface area contributed by atoms with Crippen LogP contribution in [0.1, 0.15) is 5.69 Å². The molecular formula is C13H11BN4. The minimum atomic E-state index is 0.642. The first kappa shape index (κ1) is 11.0. The average Bonchev–Trinajstić information content (AvgIpc) is 2.74. The molecule has 3 heterocycles. The van der Waals surface area contributed by atoms with Gasteiger partial charge in [-0.25, -0.2) is 4.98 Å². The van der Waals surface area contributed by atoms with E-state index >= 15 is 0 Å². The number of fused-ring (bicyclic) bond motifs is 1. The Hall–Kier alpha value is -2.17. The van der Waals surface area contributed by atoms with Crippen molar-refractivity contribution in [2.24, 2.45) is 7.05 Å². The number of hydrogen-bond donors (Lipinski definition) is 0. The molecule has 0 aliphatic rings. The Kier molecular flexibility index (Phi) is 2.40. The molecule has 18 heavy (non-hydrogen) atoms. The average molecular weight is 234 g/mol. The summed E-state index contributed by atoms with van der Waals surface area (Å²) in [6.45, 7) is 1.95. The van der Waals surface area contributed by atoms with Crippen LogP contribution in [0.15, 0.2) is 30.6 Å². The normalized spacial score (nSPS) is 11.0. The zero-order valence-electron chi connectivity index (χ0n) is 10.3. The van der Waals surface area contributed by atoms with Crippen LogP contribution >= 0.6 is 0 Å². The van der Waals surface area contributed by atoms with Gasteiger partial charge in [0.15, 0.2) is 0 Å². The van der Waals surface area contributed by atoms with E-state index in [-0.39, 0.29) is 0 Å². The molecule has 3 aromatic rings. The smallest absolute Gasteiger partial charge is 0.115 e. The van der Waals surface area contributed by atoms with Crippen LogP contribution in [0.3, 0.4) is 0 Å². The summed E-state index contributed by atoms with van der Waals surface area (Å²) >= 11 is 0. The largest absolute Gasteiger partial charge is 0.266 e. The van der Waals surface area contributed by atoms with E-state index in [1.807, 2.05) is 32.2 Å². The van der Waals surface area contributed by atoms with E-state index in [9.17, 15) is 0 Å². The van der Waals surface area contributed by atoms with Crippen molar-refractivity contribution in [1.29, 1.82) is 0 Å². The topological polar surface area (TPSA) is 43.6 Å². The molecule has 0 saturated carbocycles. The van der Waals surface area contributed by atoms with Crippen LogP contribution in [-0.2, 0) is 7.05 Å². The SMILES string of the molecule is [B]c1cnc(C)c(-c2ccc3c(cnn3C)n2)c1. The van der Waals surface area contributed by atoms with E-state index in [4.69, 9.17) is 7.85 Å². The quantitative estimate of drug-likeness (QED) is 0.593. The lowest BCUT2D eigenvalue weighted by Crippen LogP contribution is -2.05. The van der Waals surface area contributed by atoms with Gasteiger partial charge in [0.05, 0.1) is 17.4 Å². The fourth-order valence-corrected chi connectivity index (χ4v) is 2.00. The molecule has 0 fully saturated rings. The number of aromatic nitrogens is 4. The van der Waals surface area contributed by atoms with Crippen molar-refractivity contribution in [3.63, 3.8) is 0 Å². The van der Waals surface area contributed by atoms with Gasteiger partial charge in [0, 0.05) is 24.5 Å². The van der Waals surface area contributed by atoms with Gasteiger partial charge in [-0.3, -0.25) is 9.67 Å². The third kappa shape index (κ3) is 1.68. The highest BCUT2D eigenvalue weighted by Crippen LogP contribution is 2.21. The van der Waals surface area contributed by atoms with Gasteiger partial charge in [-0.15, -0.1) is 0 Å².